The summed E-state index contributed by atoms with van der Waals surface area (Å²) in [5, 5.41) is 4.21. The van der Waals surface area contributed by atoms with Crippen LogP contribution in [0.2, 0.25) is 0 Å². The third-order valence-electron chi connectivity index (χ3n) is 3.96. The van der Waals surface area contributed by atoms with Crippen LogP contribution in [0.25, 0.3) is 0 Å². The van der Waals surface area contributed by atoms with Crippen LogP contribution in [0, 0.1) is 5.92 Å². The molecule has 1 aliphatic rings. The van der Waals surface area contributed by atoms with Crippen molar-refractivity contribution in [3.63, 3.8) is 0 Å². The van der Waals surface area contributed by atoms with Crippen molar-refractivity contribution in [1.82, 2.24) is 9.78 Å². The predicted octanol–water partition coefficient (Wildman–Crippen LogP) is 2.41. The van der Waals surface area contributed by atoms with Crippen LogP contribution in [0.3, 0.4) is 0 Å². The summed E-state index contributed by atoms with van der Waals surface area (Å²) in [5.74, 6) is 0.886. The molecular formula is C14H25N3O. The van der Waals surface area contributed by atoms with Gasteiger partial charge in [0.15, 0.2) is 0 Å². The van der Waals surface area contributed by atoms with Gasteiger partial charge in [-0.25, -0.2) is 0 Å². The van der Waals surface area contributed by atoms with E-state index in [1.54, 1.807) is 4.68 Å². The Morgan fingerprint density at radius 3 is 2.83 bits per heavy atom. The van der Waals surface area contributed by atoms with Gasteiger partial charge in [0, 0.05) is 31.5 Å². The van der Waals surface area contributed by atoms with Crippen molar-refractivity contribution >= 4 is 0 Å². The molecule has 1 aromatic heterocycles. The Kier molecular flexibility index (Phi) is 4.78. The van der Waals surface area contributed by atoms with Crippen molar-refractivity contribution in [3.8, 4) is 0 Å². The van der Waals surface area contributed by atoms with Gasteiger partial charge in [0.25, 0.3) is 0 Å². The van der Waals surface area contributed by atoms with Crippen molar-refractivity contribution in [3.05, 3.63) is 18.0 Å². The van der Waals surface area contributed by atoms with Crippen LogP contribution in [0.4, 0.5) is 0 Å². The SMILES string of the molecule is CCC(N)C(OCCC1CCC1)c1cnn(C)c1. The molecule has 1 fully saturated rings. The zero-order valence-corrected chi connectivity index (χ0v) is 11.5. The molecule has 0 amide bonds. The lowest BCUT2D eigenvalue weighted by Gasteiger charge is -2.27. The molecule has 2 rings (SSSR count). The lowest BCUT2D eigenvalue weighted by atomic mass is 9.83. The van der Waals surface area contributed by atoms with Gasteiger partial charge in [-0.2, -0.15) is 5.10 Å². The van der Waals surface area contributed by atoms with E-state index in [0.29, 0.717) is 0 Å². The molecule has 1 aliphatic carbocycles. The molecule has 0 aromatic carbocycles. The van der Waals surface area contributed by atoms with E-state index in [1.165, 1.54) is 25.7 Å². The molecule has 1 saturated carbocycles. The summed E-state index contributed by atoms with van der Waals surface area (Å²) in [6.07, 6.45) is 10.1. The van der Waals surface area contributed by atoms with E-state index in [1.807, 2.05) is 19.4 Å². The van der Waals surface area contributed by atoms with Gasteiger partial charge in [0.1, 0.15) is 6.10 Å². The summed E-state index contributed by atoms with van der Waals surface area (Å²) >= 11 is 0. The summed E-state index contributed by atoms with van der Waals surface area (Å²) in [6, 6.07) is 0.0515. The largest absolute Gasteiger partial charge is 0.372 e. The average molecular weight is 251 g/mol. The first-order chi connectivity index (χ1) is 8.70. The normalized spacial score (nSPS) is 19.5. The number of nitrogens with two attached hydrogens (primary N) is 1. The van der Waals surface area contributed by atoms with Gasteiger partial charge in [0.05, 0.1) is 6.20 Å². The van der Waals surface area contributed by atoms with Gasteiger partial charge in [0.2, 0.25) is 0 Å². The first-order valence-electron chi connectivity index (χ1n) is 7.06. The minimum absolute atomic E-state index is 0.0104. The Balaban J connectivity index is 1.87. The fourth-order valence-electron chi connectivity index (χ4n) is 2.41. The molecule has 2 N–H and O–H groups in total. The Morgan fingerprint density at radius 2 is 2.33 bits per heavy atom. The van der Waals surface area contributed by atoms with Crippen LogP contribution in [0.1, 0.15) is 50.7 Å². The molecule has 2 atom stereocenters. The Labute approximate surface area is 110 Å². The first kappa shape index (κ1) is 13.6. The molecule has 0 aliphatic heterocycles. The number of nitrogens with zero attached hydrogens (tertiary/aromatic N) is 2. The van der Waals surface area contributed by atoms with Crippen LogP contribution in [-0.4, -0.2) is 22.4 Å². The minimum Gasteiger partial charge on any atom is -0.372 e. The van der Waals surface area contributed by atoms with Crippen LogP contribution in [0.5, 0.6) is 0 Å². The summed E-state index contributed by atoms with van der Waals surface area (Å²) in [4.78, 5) is 0. The molecule has 2 unspecified atom stereocenters. The number of aryl methyl sites for hydroxylation is 1. The molecule has 4 nitrogen and oxygen atoms in total. The van der Waals surface area contributed by atoms with Gasteiger partial charge < -0.3 is 10.5 Å². The van der Waals surface area contributed by atoms with E-state index in [2.05, 4.69) is 12.0 Å². The second kappa shape index (κ2) is 6.34. The Morgan fingerprint density at radius 1 is 1.56 bits per heavy atom. The molecule has 0 spiro atoms. The highest BCUT2D eigenvalue weighted by Gasteiger charge is 2.22. The quantitative estimate of drug-likeness (QED) is 0.809. The zero-order chi connectivity index (χ0) is 13.0. The van der Waals surface area contributed by atoms with Crippen molar-refractivity contribution in [1.29, 1.82) is 0 Å². The van der Waals surface area contributed by atoms with E-state index in [9.17, 15) is 0 Å². The number of rotatable bonds is 7. The number of hydrogen-bond donors (Lipinski definition) is 1. The maximum Gasteiger partial charge on any atom is 0.101 e. The topological polar surface area (TPSA) is 53.1 Å². The molecular weight excluding hydrogens is 226 g/mol. The standard InChI is InChI=1S/C14H25N3O/c1-3-13(15)14(12-9-16-17(2)10-12)18-8-7-11-5-4-6-11/h9-11,13-14H,3-8,15H2,1-2H3. The lowest BCUT2D eigenvalue weighted by molar-refractivity contribution is 0.0203. The molecule has 102 valence electrons. The van der Waals surface area contributed by atoms with Crippen LogP contribution < -0.4 is 5.73 Å². The van der Waals surface area contributed by atoms with Crippen molar-refractivity contribution in [2.45, 2.75) is 51.2 Å². The van der Waals surface area contributed by atoms with Crippen LogP contribution in [0.15, 0.2) is 12.4 Å². The van der Waals surface area contributed by atoms with Gasteiger partial charge >= 0.3 is 0 Å². The van der Waals surface area contributed by atoms with E-state index >= 15 is 0 Å². The highest BCUT2D eigenvalue weighted by Crippen LogP contribution is 2.30. The highest BCUT2D eigenvalue weighted by molar-refractivity contribution is 5.10. The average Bonchev–Trinajstić information content (AvgIpc) is 2.72. The second-order valence-electron chi connectivity index (χ2n) is 5.40. The van der Waals surface area contributed by atoms with E-state index in [-0.39, 0.29) is 12.1 Å². The fraction of sp³-hybridized carbons (Fsp3) is 0.786. The van der Waals surface area contributed by atoms with Gasteiger partial charge in [-0.3, -0.25) is 4.68 Å². The molecule has 0 saturated heterocycles. The van der Waals surface area contributed by atoms with Crippen molar-refractivity contribution in [2.75, 3.05) is 6.61 Å². The molecule has 18 heavy (non-hydrogen) atoms. The molecule has 0 bridgehead atoms. The third-order valence-corrected chi connectivity index (χ3v) is 3.96. The van der Waals surface area contributed by atoms with Gasteiger partial charge in [-0.1, -0.05) is 26.2 Å². The summed E-state index contributed by atoms with van der Waals surface area (Å²) in [5.41, 5.74) is 7.26. The van der Waals surface area contributed by atoms with E-state index in [0.717, 1.165) is 24.5 Å². The molecule has 0 radical (unpaired) electrons. The van der Waals surface area contributed by atoms with E-state index < -0.39 is 0 Å². The molecule has 1 heterocycles. The monoisotopic (exact) mass is 251 g/mol. The van der Waals surface area contributed by atoms with Crippen LogP contribution in [-0.2, 0) is 11.8 Å². The first-order valence-corrected chi connectivity index (χ1v) is 7.06. The fourth-order valence-corrected chi connectivity index (χ4v) is 2.41. The number of hydrogen-bond acceptors (Lipinski definition) is 3. The maximum absolute atomic E-state index is 6.16. The summed E-state index contributed by atoms with van der Waals surface area (Å²) in [7, 11) is 1.92. The smallest absolute Gasteiger partial charge is 0.101 e. The number of ether oxygens (including phenoxy) is 1. The predicted molar refractivity (Wildman–Crippen MR) is 72.1 cm³/mol. The third kappa shape index (κ3) is 3.33. The lowest BCUT2D eigenvalue weighted by Crippen LogP contribution is -2.30. The summed E-state index contributed by atoms with van der Waals surface area (Å²) in [6.45, 7) is 2.92. The van der Waals surface area contributed by atoms with Crippen LogP contribution >= 0.6 is 0 Å². The second-order valence-corrected chi connectivity index (χ2v) is 5.40. The minimum atomic E-state index is -0.0104. The van der Waals surface area contributed by atoms with Gasteiger partial charge in [-0.05, 0) is 18.8 Å². The summed E-state index contributed by atoms with van der Waals surface area (Å²) < 4.78 is 7.83. The Hall–Kier alpha value is -0.870. The Bertz CT molecular complexity index is 360. The number of aromatic nitrogens is 2. The van der Waals surface area contributed by atoms with Crippen molar-refractivity contribution in [2.24, 2.45) is 18.7 Å². The maximum atomic E-state index is 6.16. The van der Waals surface area contributed by atoms with Crippen molar-refractivity contribution < 1.29 is 4.74 Å². The highest BCUT2D eigenvalue weighted by atomic mass is 16.5. The van der Waals surface area contributed by atoms with E-state index in [4.69, 9.17) is 10.5 Å². The molecule has 1 aromatic rings. The zero-order valence-electron chi connectivity index (χ0n) is 11.5. The van der Waals surface area contributed by atoms with Gasteiger partial charge in [-0.15, -0.1) is 0 Å². The molecule has 4 heteroatoms.